The molecule has 2 saturated heterocycles. The molecule has 0 bridgehead atoms. The summed E-state index contributed by atoms with van der Waals surface area (Å²) in [7, 11) is 1.88. The van der Waals surface area contributed by atoms with Gasteiger partial charge in [0, 0.05) is 38.8 Å². The van der Waals surface area contributed by atoms with Gasteiger partial charge in [-0.05, 0) is 69.1 Å². The van der Waals surface area contributed by atoms with Crippen LogP contribution in [-0.4, -0.2) is 62.7 Å². The fraction of sp³-hybridized carbons (Fsp3) is 0.750. The summed E-state index contributed by atoms with van der Waals surface area (Å²) >= 11 is 1.84. The van der Waals surface area contributed by atoms with Crippen LogP contribution >= 0.6 is 11.3 Å². The van der Waals surface area contributed by atoms with E-state index in [4.69, 9.17) is 0 Å². The van der Waals surface area contributed by atoms with Gasteiger partial charge in [0.25, 0.3) is 0 Å². The van der Waals surface area contributed by atoms with Crippen LogP contribution in [0.5, 0.6) is 0 Å². The summed E-state index contributed by atoms with van der Waals surface area (Å²) in [6.07, 6.45) is 5.00. The lowest BCUT2D eigenvalue weighted by Crippen LogP contribution is -2.51. The predicted octanol–water partition coefficient (Wildman–Crippen LogP) is 3.00. The van der Waals surface area contributed by atoms with Crippen LogP contribution in [0.4, 0.5) is 5.00 Å². The molecule has 5 nitrogen and oxygen atoms in total. The highest BCUT2D eigenvalue weighted by Gasteiger charge is 2.22. The third-order valence-corrected chi connectivity index (χ3v) is 6.81. The number of rotatable bonds is 5. The van der Waals surface area contributed by atoms with Crippen LogP contribution in [0.25, 0.3) is 0 Å². The summed E-state index contributed by atoms with van der Waals surface area (Å²) in [5, 5.41) is 10.7. The molecule has 3 heterocycles. The molecule has 1 aromatic heterocycles. The zero-order chi connectivity index (χ0) is 18.4. The Labute approximate surface area is 162 Å². The molecule has 2 aliphatic heterocycles. The molecule has 2 N–H and O–H groups in total. The van der Waals surface area contributed by atoms with E-state index in [2.05, 4.69) is 56.8 Å². The fourth-order valence-corrected chi connectivity index (χ4v) is 4.71. The Hall–Kier alpha value is -1.27. The second kappa shape index (κ2) is 9.60. The van der Waals surface area contributed by atoms with Crippen molar-refractivity contribution in [3.63, 3.8) is 0 Å². The number of nitrogens with zero attached hydrogens (tertiary/aromatic N) is 3. The minimum absolute atomic E-state index is 0.517. The van der Waals surface area contributed by atoms with Gasteiger partial charge in [0.15, 0.2) is 5.96 Å². The Morgan fingerprint density at radius 2 is 1.96 bits per heavy atom. The van der Waals surface area contributed by atoms with Crippen molar-refractivity contribution in [2.24, 2.45) is 10.9 Å². The third kappa shape index (κ3) is 5.36. The average molecular weight is 378 g/mol. The Bertz CT molecular complexity index is 543. The van der Waals surface area contributed by atoms with Gasteiger partial charge in [-0.1, -0.05) is 6.92 Å². The van der Waals surface area contributed by atoms with Crippen molar-refractivity contribution in [1.29, 1.82) is 0 Å². The molecular formula is C20H35N5S. The molecule has 0 radical (unpaired) electrons. The molecular weight excluding hydrogens is 342 g/mol. The lowest BCUT2D eigenvalue weighted by Gasteiger charge is -2.36. The zero-order valence-corrected chi connectivity index (χ0v) is 17.4. The number of hydrogen-bond donors (Lipinski definition) is 2. The molecule has 2 aliphatic rings. The first-order valence-electron chi connectivity index (χ1n) is 10.2. The van der Waals surface area contributed by atoms with Crippen LogP contribution in [0.15, 0.2) is 22.5 Å². The van der Waals surface area contributed by atoms with Gasteiger partial charge in [-0.3, -0.25) is 9.89 Å². The Morgan fingerprint density at radius 1 is 1.23 bits per heavy atom. The molecule has 6 heteroatoms. The number of piperidine rings is 2. The summed E-state index contributed by atoms with van der Waals surface area (Å²) in [6.45, 7) is 10.4. The number of hydrogen-bond acceptors (Lipinski definition) is 4. The molecule has 1 atom stereocenters. The molecule has 0 saturated carbocycles. The van der Waals surface area contributed by atoms with Gasteiger partial charge in [0.05, 0.1) is 5.00 Å². The van der Waals surface area contributed by atoms with Crippen molar-refractivity contribution in [3.05, 3.63) is 17.5 Å². The lowest BCUT2D eigenvalue weighted by atomic mass is 9.98. The molecule has 0 aromatic carbocycles. The molecule has 0 amide bonds. The Morgan fingerprint density at radius 3 is 2.58 bits per heavy atom. The maximum absolute atomic E-state index is 4.44. The van der Waals surface area contributed by atoms with Gasteiger partial charge in [-0.15, -0.1) is 11.3 Å². The molecule has 2 fully saturated rings. The normalized spacial score (nSPS) is 22.4. The highest BCUT2D eigenvalue weighted by Crippen LogP contribution is 2.24. The van der Waals surface area contributed by atoms with Crippen molar-refractivity contribution in [1.82, 2.24) is 15.5 Å². The maximum atomic E-state index is 4.44. The van der Waals surface area contributed by atoms with E-state index >= 15 is 0 Å². The van der Waals surface area contributed by atoms with Crippen LogP contribution in [0, 0.1) is 5.92 Å². The Kier molecular flexibility index (Phi) is 7.20. The van der Waals surface area contributed by atoms with Crippen LogP contribution < -0.4 is 15.5 Å². The van der Waals surface area contributed by atoms with Crippen molar-refractivity contribution >= 4 is 22.3 Å². The van der Waals surface area contributed by atoms with Gasteiger partial charge in [-0.2, -0.15) is 0 Å². The fourth-order valence-electron chi connectivity index (χ4n) is 3.92. The van der Waals surface area contributed by atoms with Crippen molar-refractivity contribution in [2.45, 2.75) is 51.6 Å². The van der Waals surface area contributed by atoms with Crippen LogP contribution in [0.2, 0.25) is 0 Å². The van der Waals surface area contributed by atoms with Gasteiger partial charge in [0.2, 0.25) is 0 Å². The van der Waals surface area contributed by atoms with Gasteiger partial charge < -0.3 is 15.5 Å². The van der Waals surface area contributed by atoms with E-state index in [9.17, 15) is 0 Å². The number of anilines is 1. The molecule has 146 valence electrons. The number of thiophene rings is 1. The smallest absolute Gasteiger partial charge is 0.191 e. The number of nitrogens with one attached hydrogen (secondary N) is 2. The van der Waals surface area contributed by atoms with E-state index in [0.717, 1.165) is 44.4 Å². The van der Waals surface area contributed by atoms with E-state index < -0.39 is 0 Å². The minimum Gasteiger partial charge on any atom is -0.363 e. The average Bonchev–Trinajstić information content (AvgIpc) is 3.20. The van der Waals surface area contributed by atoms with E-state index in [1.165, 1.54) is 30.9 Å². The standard InChI is InChI=1S/C20H35N5S/c1-16-6-10-24(11-7-16)17(2)15-22-20(21-3)23-18-8-12-25(13-9-18)19-5-4-14-26-19/h4-5,14,16-18H,6-13,15H2,1-3H3,(H2,21,22,23). The summed E-state index contributed by atoms with van der Waals surface area (Å²) in [4.78, 5) is 9.55. The molecule has 1 unspecified atom stereocenters. The quantitative estimate of drug-likeness (QED) is 0.611. The second-order valence-electron chi connectivity index (χ2n) is 7.88. The SMILES string of the molecule is CN=C(NCC(C)N1CCC(C)CC1)NC1CCN(c2cccs2)CC1. The van der Waals surface area contributed by atoms with E-state index in [1.54, 1.807) is 0 Å². The van der Waals surface area contributed by atoms with Gasteiger partial charge in [0.1, 0.15) is 0 Å². The highest BCUT2D eigenvalue weighted by molar-refractivity contribution is 7.14. The zero-order valence-electron chi connectivity index (χ0n) is 16.6. The van der Waals surface area contributed by atoms with Crippen LogP contribution in [0.3, 0.4) is 0 Å². The third-order valence-electron chi connectivity index (χ3n) is 5.88. The van der Waals surface area contributed by atoms with E-state index in [-0.39, 0.29) is 0 Å². The molecule has 26 heavy (non-hydrogen) atoms. The molecule has 0 aliphatic carbocycles. The van der Waals surface area contributed by atoms with Crippen molar-refractivity contribution in [3.8, 4) is 0 Å². The monoisotopic (exact) mass is 377 g/mol. The molecule has 0 spiro atoms. The molecule has 3 rings (SSSR count). The number of aliphatic imine (C=N–C) groups is 1. The predicted molar refractivity (Wildman–Crippen MR) is 113 cm³/mol. The van der Waals surface area contributed by atoms with Crippen LogP contribution in [-0.2, 0) is 0 Å². The largest absolute Gasteiger partial charge is 0.363 e. The highest BCUT2D eigenvalue weighted by atomic mass is 32.1. The van der Waals surface area contributed by atoms with Crippen LogP contribution in [0.1, 0.15) is 39.5 Å². The first kappa shape index (κ1) is 19.5. The second-order valence-corrected chi connectivity index (χ2v) is 8.80. The van der Waals surface area contributed by atoms with E-state index in [1.807, 2.05) is 18.4 Å². The van der Waals surface area contributed by atoms with Gasteiger partial charge in [-0.25, -0.2) is 0 Å². The van der Waals surface area contributed by atoms with Crippen molar-refractivity contribution in [2.75, 3.05) is 44.7 Å². The first-order chi connectivity index (χ1) is 12.7. The van der Waals surface area contributed by atoms with E-state index in [0.29, 0.717) is 12.1 Å². The topological polar surface area (TPSA) is 42.9 Å². The van der Waals surface area contributed by atoms with Crippen molar-refractivity contribution < 1.29 is 0 Å². The summed E-state index contributed by atoms with van der Waals surface area (Å²) < 4.78 is 0. The number of likely N-dealkylation sites (tertiary alicyclic amines) is 1. The first-order valence-corrected chi connectivity index (χ1v) is 11.0. The summed E-state index contributed by atoms with van der Waals surface area (Å²) in [5.41, 5.74) is 0. The minimum atomic E-state index is 0.517. The van der Waals surface area contributed by atoms with Gasteiger partial charge >= 0.3 is 0 Å². The lowest BCUT2D eigenvalue weighted by molar-refractivity contribution is 0.147. The maximum Gasteiger partial charge on any atom is 0.191 e. The number of guanidine groups is 1. The summed E-state index contributed by atoms with van der Waals surface area (Å²) in [6, 6.07) is 5.44. The molecule has 1 aromatic rings. The summed E-state index contributed by atoms with van der Waals surface area (Å²) in [5.74, 6) is 1.85. The Balaban J connectivity index is 1.38.